The van der Waals surface area contributed by atoms with E-state index in [0.29, 0.717) is 17.0 Å². The second kappa shape index (κ2) is 7.40. The van der Waals surface area contributed by atoms with Gasteiger partial charge in [0.15, 0.2) is 6.61 Å². The van der Waals surface area contributed by atoms with E-state index in [9.17, 15) is 9.59 Å². The van der Waals surface area contributed by atoms with E-state index < -0.39 is 11.8 Å². The Balaban J connectivity index is 1.81. The number of aromatic nitrogens is 1. The smallest absolute Gasteiger partial charge is 0.276 e. The molecule has 0 fully saturated rings. The van der Waals surface area contributed by atoms with Gasteiger partial charge in [0.1, 0.15) is 5.75 Å². The van der Waals surface area contributed by atoms with Crippen molar-refractivity contribution in [2.24, 2.45) is 0 Å². The molecule has 2 amide bonds. The van der Waals surface area contributed by atoms with E-state index in [4.69, 9.17) is 4.74 Å². The lowest BCUT2D eigenvalue weighted by molar-refractivity contribution is -0.123. The van der Waals surface area contributed by atoms with Crippen molar-refractivity contribution >= 4 is 11.8 Å². The Hall–Kier alpha value is -2.89. The van der Waals surface area contributed by atoms with Crippen LogP contribution in [-0.4, -0.2) is 23.4 Å². The maximum Gasteiger partial charge on any atom is 0.276 e. The summed E-state index contributed by atoms with van der Waals surface area (Å²) in [5.74, 6) is -0.272. The summed E-state index contributed by atoms with van der Waals surface area (Å²) in [6.07, 6.45) is 0. The summed E-state index contributed by atoms with van der Waals surface area (Å²) < 4.78 is 5.32. The molecule has 0 aliphatic heterocycles. The fourth-order valence-electron chi connectivity index (χ4n) is 1.94. The van der Waals surface area contributed by atoms with E-state index in [1.54, 1.807) is 31.2 Å². The molecular weight excluding hydrogens is 294 g/mol. The number of carbonyl (C=O) groups excluding carboxylic acids is 2. The molecule has 0 atom stereocenters. The number of nitrogens with zero attached hydrogens (tertiary/aromatic N) is 1. The molecule has 0 saturated carbocycles. The number of hydrogen-bond acceptors (Lipinski definition) is 4. The maximum atomic E-state index is 12.0. The zero-order valence-corrected chi connectivity index (χ0v) is 13.3. The minimum atomic E-state index is -0.448. The number of pyridine rings is 1. The number of ether oxygens (including phenoxy) is 1. The average Bonchev–Trinajstić information content (AvgIpc) is 2.52. The van der Waals surface area contributed by atoms with Crippen molar-refractivity contribution in [2.75, 3.05) is 6.61 Å². The monoisotopic (exact) mass is 313 g/mol. The Morgan fingerprint density at radius 2 is 1.70 bits per heavy atom. The zero-order chi connectivity index (χ0) is 16.8. The highest BCUT2D eigenvalue weighted by Crippen LogP contribution is 2.10. The van der Waals surface area contributed by atoms with Crippen LogP contribution in [0, 0.1) is 20.8 Å². The third kappa shape index (κ3) is 4.81. The van der Waals surface area contributed by atoms with E-state index in [1.807, 2.05) is 26.0 Å². The number of aryl methyl sites for hydroxylation is 3. The van der Waals surface area contributed by atoms with Crippen LogP contribution in [0.25, 0.3) is 0 Å². The van der Waals surface area contributed by atoms with Gasteiger partial charge in [-0.05, 0) is 45.0 Å². The minimum absolute atomic E-state index is 0.186. The molecule has 0 aliphatic rings. The van der Waals surface area contributed by atoms with Crippen molar-refractivity contribution < 1.29 is 14.3 Å². The van der Waals surface area contributed by atoms with Crippen LogP contribution in [0.1, 0.15) is 27.3 Å². The molecule has 6 heteroatoms. The van der Waals surface area contributed by atoms with Gasteiger partial charge in [-0.15, -0.1) is 0 Å². The maximum absolute atomic E-state index is 12.0. The molecule has 0 bridgehead atoms. The predicted molar refractivity (Wildman–Crippen MR) is 86.0 cm³/mol. The lowest BCUT2D eigenvalue weighted by Crippen LogP contribution is -2.44. The average molecular weight is 313 g/mol. The zero-order valence-electron chi connectivity index (χ0n) is 13.3. The highest BCUT2D eigenvalue weighted by Gasteiger charge is 2.11. The quantitative estimate of drug-likeness (QED) is 0.844. The largest absolute Gasteiger partial charge is 0.484 e. The van der Waals surface area contributed by atoms with Gasteiger partial charge in [0.2, 0.25) is 0 Å². The van der Waals surface area contributed by atoms with Gasteiger partial charge < -0.3 is 4.74 Å². The van der Waals surface area contributed by atoms with Crippen LogP contribution >= 0.6 is 0 Å². The molecular formula is C17H19N3O3. The molecule has 0 aliphatic carbocycles. The third-order valence-electron chi connectivity index (χ3n) is 3.18. The number of nitrogens with one attached hydrogen (secondary N) is 2. The molecule has 0 saturated heterocycles. The second-order valence-corrected chi connectivity index (χ2v) is 5.19. The number of benzene rings is 1. The molecule has 6 nitrogen and oxygen atoms in total. The van der Waals surface area contributed by atoms with Gasteiger partial charge in [0.05, 0.1) is 11.3 Å². The number of hydrogen-bond donors (Lipinski definition) is 2. The van der Waals surface area contributed by atoms with Gasteiger partial charge in [0.25, 0.3) is 11.8 Å². The Kier molecular flexibility index (Phi) is 5.30. The first-order valence-electron chi connectivity index (χ1n) is 7.18. The number of rotatable bonds is 4. The minimum Gasteiger partial charge on any atom is -0.484 e. The summed E-state index contributed by atoms with van der Waals surface area (Å²) >= 11 is 0. The van der Waals surface area contributed by atoms with Crippen LogP contribution in [-0.2, 0) is 4.79 Å². The molecule has 120 valence electrons. The summed E-state index contributed by atoms with van der Waals surface area (Å²) in [4.78, 5) is 27.9. The predicted octanol–water partition coefficient (Wildman–Crippen LogP) is 1.85. The number of amides is 2. The number of hydrazine groups is 1. The van der Waals surface area contributed by atoms with Crippen molar-refractivity contribution in [3.8, 4) is 5.75 Å². The molecule has 2 N–H and O–H groups in total. The molecule has 2 rings (SSSR count). The Morgan fingerprint density at radius 3 is 2.35 bits per heavy atom. The highest BCUT2D eigenvalue weighted by atomic mass is 16.5. The molecule has 0 spiro atoms. The summed E-state index contributed by atoms with van der Waals surface area (Å²) in [5, 5.41) is 0. The van der Waals surface area contributed by atoms with Crippen LogP contribution in [0.3, 0.4) is 0 Å². The van der Waals surface area contributed by atoms with Crippen molar-refractivity contribution in [2.45, 2.75) is 20.8 Å². The molecule has 2 aromatic rings. The standard InChI is InChI=1S/C17H19N3O3/c1-11-4-7-14(8-5-11)23-10-16(21)19-20-17(22)15-9-6-12(2)18-13(15)3/h4-9H,10H2,1-3H3,(H,19,21)(H,20,22). The lowest BCUT2D eigenvalue weighted by atomic mass is 10.2. The first kappa shape index (κ1) is 16.5. The summed E-state index contributed by atoms with van der Waals surface area (Å²) in [6, 6.07) is 10.8. The van der Waals surface area contributed by atoms with Crippen molar-refractivity contribution in [3.63, 3.8) is 0 Å². The first-order chi connectivity index (χ1) is 11.0. The fourth-order valence-corrected chi connectivity index (χ4v) is 1.94. The topological polar surface area (TPSA) is 80.3 Å². The van der Waals surface area contributed by atoms with Crippen LogP contribution < -0.4 is 15.6 Å². The highest BCUT2D eigenvalue weighted by molar-refractivity contribution is 5.96. The fraction of sp³-hybridized carbons (Fsp3) is 0.235. The van der Waals surface area contributed by atoms with Crippen LogP contribution in [0.2, 0.25) is 0 Å². The third-order valence-corrected chi connectivity index (χ3v) is 3.18. The van der Waals surface area contributed by atoms with Gasteiger partial charge in [-0.1, -0.05) is 17.7 Å². The molecule has 0 unspecified atom stereocenters. The Labute approximate surface area is 134 Å². The van der Waals surface area contributed by atoms with Crippen molar-refractivity contribution in [3.05, 3.63) is 58.9 Å². The second-order valence-electron chi connectivity index (χ2n) is 5.19. The lowest BCUT2D eigenvalue weighted by Gasteiger charge is -2.10. The van der Waals surface area contributed by atoms with Crippen molar-refractivity contribution in [1.29, 1.82) is 0 Å². The van der Waals surface area contributed by atoms with Gasteiger partial charge in [0, 0.05) is 5.69 Å². The van der Waals surface area contributed by atoms with Gasteiger partial charge >= 0.3 is 0 Å². The van der Waals surface area contributed by atoms with Crippen molar-refractivity contribution in [1.82, 2.24) is 15.8 Å². The van der Waals surface area contributed by atoms with E-state index in [2.05, 4.69) is 15.8 Å². The Morgan fingerprint density at radius 1 is 1.00 bits per heavy atom. The van der Waals surface area contributed by atoms with Gasteiger partial charge in [-0.3, -0.25) is 25.4 Å². The molecule has 1 aromatic heterocycles. The van der Waals surface area contributed by atoms with Crippen LogP contribution in [0.5, 0.6) is 5.75 Å². The van der Waals surface area contributed by atoms with Gasteiger partial charge in [-0.25, -0.2) is 0 Å². The van der Waals surface area contributed by atoms with E-state index >= 15 is 0 Å². The summed E-state index contributed by atoms with van der Waals surface area (Å²) in [6.45, 7) is 5.37. The van der Waals surface area contributed by atoms with E-state index in [1.165, 1.54) is 0 Å². The molecule has 1 aromatic carbocycles. The Bertz CT molecular complexity index is 712. The van der Waals surface area contributed by atoms with E-state index in [0.717, 1.165) is 11.3 Å². The van der Waals surface area contributed by atoms with E-state index in [-0.39, 0.29) is 6.61 Å². The molecule has 1 heterocycles. The first-order valence-corrected chi connectivity index (χ1v) is 7.18. The SMILES string of the molecule is Cc1ccc(OCC(=O)NNC(=O)c2ccc(C)nc2C)cc1. The van der Waals surface area contributed by atoms with Crippen LogP contribution in [0.4, 0.5) is 0 Å². The van der Waals surface area contributed by atoms with Gasteiger partial charge in [-0.2, -0.15) is 0 Å². The molecule has 0 radical (unpaired) electrons. The normalized spacial score (nSPS) is 10.0. The molecule has 23 heavy (non-hydrogen) atoms. The van der Waals surface area contributed by atoms with Crippen LogP contribution in [0.15, 0.2) is 36.4 Å². The summed E-state index contributed by atoms with van der Waals surface area (Å²) in [5.41, 5.74) is 7.61. The number of carbonyl (C=O) groups is 2. The summed E-state index contributed by atoms with van der Waals surface area (Å²) in [7, 11) is 0.